The van der Waals surface area contributed by atoms with Crippen molar-refractivity contribution in [3.8, 4) is 0 Å². The van der Waals surface area contributed by atoms with Gasteiger partial charge in [-0.25, -0.2) is 9.97 Å². The third kappa shape index (κ3) is 3.29. The molecule has 0 bridgehead atoms. The second-order valence-corrected chi connectivity index (χ2v) is 7.12. The summed E-state index contributed by atoms with van der Waals surface area (Å²) in [5, 5.41) is 5.77. The molecule has 130 valence electrons. The van der Waals surface area contributed by atoms with Crippen LogP contribution in [0.25, 0.3) is 10.9 Å². The first-order valence-corrected chi connectivity index (χ1v) is 9.07. The molecule has 0 spiro atoms. The Balaban J connectivity index is 1.54. The van der Waals surface area contributed by atoms with E-state index < -0.39 is 0 Å². The van der Waals surface area contributed by atoms with Gasteiger partial charge in [0.05, 0.1) is 24.3 Å². The van der Waals surface area contributed by atoms with Gasteiger partial charge in [0.1, 0.15) is 5.82 Å². The Kier molecular flexibility index (Phi) is 4.25. The highest BCUT2D eigenvalue weighted by Gasteiger charge is 2.26. The Morgan fingerprint density at radius 3 is 2.76 bits per heavy atom. The van der Waals surface area contributed by atoms with E-state index in [1.165, 1.54) is 18.5 Å². The molecule has 2 aromatic heterocycles. The fraction of sp³-hybridized carbons (Fsp3) is 0.450. The molecule has 0 amide bonds. The number of fused-ring (bicyclic) bond motifs is 1. The van der Waals surface area contributed by atoms with E-state index in [0.29, 0.717) is 6.04 Å². The molecule has 0 saturated carbocycles. The largest absolute Gasteiger partial charge is 0.291 e. The zero-order valence-electron chi connectivity index (χ0n) is 15.2. The van der Waals surface area contributed by atoms with Gasteiger partial charge < -0.3 is 0 Å². The summed E-state index contributed by atoms with van der Waals surface area (Å²) in [4.78, 5) is 12.1. The molecule has 0 unspecified atom stereocenters. The summed E-state index contributed by atoms with van der Waals surface area (Å²) in [6.07, 6.45) is 2.45. The minimum atomic E-state index is 0.508. The Morgan fingerprint density at radius 2 is 1.96 bits per heavy atom. The molecule has 1 aliphatic rings. The smallest absolute Gasteiger partial charge is 0.143 e. The first kappa shape index (κ1) is 16.2. The van der Waals surface area contributed by atoms with E-state index in [2.05, 4.69) is 53.7 Å². The SMILES string of the molecule is Cc1cc(C)n(C[C@@H]2CCCN2Cc2nc(C)c3ccccc3n2)n1. The number of para-hydroxylation sites is 1. The molecule has 3 aromatic rings. The standard InChI is InChI=1S/C20H25N5/c1-14-11-15(2)25(23-14)12-17-7-6-10-24(17)13-20-21-16(3)18-8-4-5-9-19(18)22-20/h4-5,8-9,11,17H,6-7,10,12-13H2,1-3H3/t17-/m0/s1. The van der Waals surface area contributed by atoms with Gasteiger partial charge in [-0.15, -0.1) is 0 Å². The number of likely N-dealkylation sites (tertiary alicyclic amines) is 1. The van der Waals surface area contributed by atoms with Crippen molar-refractivity contribution in [2.75, 3.05) is 6.54 Å². The van der Waals surface area contributed by atoms with Crippen molar-refractivity contribution < 1.29 is 0 Å². The Hall–Kier alpha value is -2.27. The minimum absolute atomic E-state index is 0.508. The zero-order valence-corrected chi connectivity index (χ0v) is 15.2. The Morgan fingerprint density at radius 1 is 1.12 bits per heavy atom. The molecule has 1 saturated heterocycles. The Bertz CT molecular complexity index is 898. The van der Waals surface area contributed by atoms with Crippen molar-refractivity contribution in [1.82, 2.24) is 24.6 Å². The van der Waals surface area contributed by atoms with Crippen LogP contribution in [0.15, 0.2) is 30.3 Å². The molecular formula is C20H25N5. The van der Waals surface area contributed by atoms with Gasteiger partial charge in [-0.2, -0.15) is 5.10 Å². The lowest BCUT2D eigenvalue weighted by Gasteiger charge is -2.24. The van der Waals surface area contributed by atoms with Crippen LogP contribution >= 0.6 is 0 Å². The van der Waals surface area contributed by atoms with Crippen LogP contribution in [0.5, 0.6) is 0 Å². The van der Waals surface area contributed by atoms with Crippen LogP contribution in [0.1, 0.15) is 35.7 Å². The molecule has 5 heteroatoms. The van der Waals surface area contributed by atoms with Crippen molar-refractivity contribution in [2.24, 2.45) is 0 Å². The highest BCUT2D eigenvalue weighted by molar-refractivity contribution is 5.80. The van der Waals surface area contributed by atoms with E-state index in [4.69, 9.17) is 9.97 Å². The topological polar surface area (TPSA) is 46.8 Å². The molecule has 5 nitrogen and oxygen atoms in total. The maximum absolute atomic E-state index is 4.79. The van der Waals surface area contributed by atoms with Crippen LogP contribution in [0.3, 0.4) is 0 Å². The van der Waals surface area contributed by atoms with Crippen molar-refractivity contribution in [2.45, 2.75) is 52.7 Å². The normalized spacial score (nSPS) is 18.3. The summed E-state index contributed by atoms with van der Waals surface area (Å²) < 4.78 is 2.14. The second-order valence-electron chi connectivity index (χ2n) is 7.12. The van der Waals surface area contributed by atoms with Crippen LogP contribution in [0, 0.1) is 20.8 Å². The van der Waals surface area contributed by atoms with Crippen molar-refractivity contribution in [3.63, 3.8) is 0 Å². The summed E-state index contributed by atoms with van der Waals surface area (Å²) in [5.74, 6) is 0.927. The summed E-state index contributed by atoms with van der Waals surface area (Å²) in [7, 11) is 0. The van der Waals surface area contributed by atoms with E-state index in [-0.39, 0.29) is 0 Å². The van der Waals surface area contributed by atoms with Gasteiger partial charge in [-0.1, -0.05) is 18.2 Å². The average Bonchev–Trinajstić information content (AvgIpc) is 3.14. The molecule has 1 fully saturated rings. The number of hydrogen-bond acceptors (Lipinski definition) is 4. The summed E-state index contributed by atoms with van der Waals surface area (Å²) in [6, 6.07) is 10.9. The molecule has 0 aliphatic carbocycles. The lowest BCUT2D eigenvalue weighted by atomic mass is 10.2. The maximum atomic E-state index is 4.79. The Labute approximate surface area is 148 Å². The molecule has 4 rings (SSSR count). The summed E-state index contributed by atoms with van der Waals surface area (Å²) in [6.45, 7) is 9.14. The van der Waals surface area contributed by atoms with Crippen molar-refractivity contribution in [1.29, 1.82) is 0 Å². The van der Waals surface area contributed by atoms with Crippen LogP contribution in [0.2, 0.25) is 0 Å². The first-order chi connectivity index (χ1) is 12.1. The van der Waals surface area contributed by atoms with E-state index in [1.807, 2.05) is 12.1 Å². The van der Waals surface area contributed by atoms with Gasteiger partial charge in [-0.05, 0) is 52.3 Å². The van der Waals surface area contributed by atoms with Crippen molar-refractivity contribution in [3.05, 3.63) is 53.2 Å². The number of hydrogen-bond donors (Lipinski definition) is 0. The molecule has 0 N–H and O–H groups in total. The molecule has 3 heterocycles. The number of nitrogens with zero attached hydrogens (tertiary/aromatic N) is 5. The molecule has 1 aromatic carbocycles. The molecule has 0 radical (unpaired) electrons. The predicted octanol–water partition coefficient (Wildman–Crippen LogP) is 3.42. The third-order valence-corrected chi connectivity index (χ3v) is 5.17. The zero-order chi connectivity index (χ0) is 17.4. The summed E-state index contributed by atoms with van der Waals surface area (Å²) >= 11 is 0. The van der Waals surface area contributed by atoms with Crippen LogP contribution in [0.4, 0.5) is 0 Å². The van der Waals surface area contributed by atoms with E-state index in [9.17, 15) is 0 Å². The fourth-order valence-corrected chi connectivity index (χ4v) is 3.92. The number of benzene rings is 1. The van der Waals surface area contributed by atoms with Crippen LogP contribution < -0.4 is 0 Å². The molecule has 25 heavy (non-hydrogen) atoms. The predicted molar refractivity (Wildman–Crippen MR) is 99.4 cm³/mol. The van der Waals surface area contributed by atoms with Gasteiger partial charge in [0, 0.05) is 22.8 Å². The van der Waals surface area contributed by atoms with E-state index in [0.717, 1.165) is 47.7 Å². The van der Waals surface area contributed by atoms with E-state index in [1.54, 1.807) is 0 Å². The highest BCUT2D eigenvalue weighted by Crippen LogP contribution is 2.22. The minimum Gasteiger partial charge on any atom is -0.291 e. The van der Waals surface area contributed by atoms with Gasteiger partial charge in [0.2, 0.25) is 0 Å². The fourth-order valence-electron chi connectivity index (χ4n) is 3.92. The lowest BCUT2D eigenvalue weighted by molar-refractivity contribution is 0.213. The van der Waals surface area contributed by atoms with Gasteiger partial charge >= 0.3 is 0 Å². The number of aryl methyl sites for hydroxylation is 3. The number of rotatable bonds is 4. The second kappa shape index (κ2) is 6.56. The molecular weight excluding hydrogens is 310 g/mol. The summed E-state index contributed by atoms with van der Waals surface area (Å²) in [5.41, 5.74) is 4.44. The van der Waals surface area contributed by atoms with Gasteiger partial charge in [0.25, 0.3) is 0 Å². The van der Waals surface area contributed by atoms with E-state index >= 15 is 0 Å². The quantitative estimate of drug-likeness (QED) is 0.733. The number of aromatic nitrogens is 4. The van der Waals surface area contributed by atoms with Crippen molar-refractivity contribution >= 4 is 10.9 Å². The molecule has 1 aliphatic heterocycles. The highest BCUT2D eigenvalue weighted by atomic mass is 15.3. The lowest BCUT2D eigenvalue weighted by Crippen LogP contribution is -2.33. The van der Waals surface area contributed by atoms with Gasteiger partial charge in [0.15, 0.2) is 0 Å². The first-order valence-electron chi connectivity index (χ1n) is 9.07. The maximum Gasteiger partial charge on any atom is 0.143 e. The average molecular weight is 335 g/mol. The monoisotopic (exact) mass is 335 g/mol. The van der Waals surface area contributed by atoms with Crippen LogP contribution in [-0.2, 0) is 13.1 Å². The van der Waals surface area contributed by atoms with Gasteiger partial charge in [-0.3, -0.25) is 9.58 Å². The third-order valence-electron chi connectivity index (χ3n) is 5.17. The van der Waals surface area contributed by atoms with Crippen LogP contribution in [-0.4, -0.2) is 37.2 Å². The molecule has 1 atom stereocenters.